The van der Waals surface area contributed by atoms with E-state index < -0.39 is 0 Å². The van der Waals surface area contributed by atoms with E-state index in [1.807, 2.05) is 23.5 Å². The summed E-state index contributed by atoms with van der Waals surface area (Å²) in [5, 5.41) is 2.29. The molecule has 0 aromatic heterocycles. The molecule has 0 unspecified atom stereocenters. The van der Waals surface area contributed by atoms with E-state index in [0.717, 1.165) is 0 Å². The molecule has 84 valence electrons. The first-order chi connectivity index (χ1) is 6.85. The van der Waals surface area contributed by atoms with Gasteiger partial charge in [0.05, 0.1) is 0 Å². The molecule has 0 saturated heterocycles. The molecule has 0 spiro atoms. The van der Waals surface area contributed by atoms with Crippen LogP contribution >= 0.6 is 23.5 Å². The van der Waals surface area contributed by atoms with Crippen LogP contribution < -0.4 is 0 Å². The zero-order valence-corrected chi connectivity index (χ0v) is 11.5. The van der Waals surface area contributed by atoms with Gasteiger partial charge in [0.25, 0.3) is 0 Å². The van der Waals surface area contributed by atoms with Gasteiger partial charge >= 0.3 is 0 Å². The lowest BCUT2D eigenvalue weighted by molar-refractivity contribution is 0.610. The molecule has 0 aromatic rings. The molecule has 0 saturated carbocycles. The molecule has 0 aromatic carbocycles. The standard InChI is InChI=1S/C12H24S2/c1-4-5-6-7-8-9-10-12(14-3)11-13-2/h11H,4-10H2,1-3H3/b12-11-. The maximum Gasteiger partial charge on any atom is -0.00922 e. The van der Waals surface area contributed by atoms with Crippen LogP contribution in [0.4, 0.5) is 0 Å². The Morgan fingerprint density at radius 2 is 1.64 bits per heavy atom. The summed E-state index contributed by atoms with van der Waals surface area (Å²) < 4.78 is 0. The minimum Gasteiger partial charge on any atom is -0.137 e. The van der Waals surface area contributed by atoms with Crippen LogP contribution in [-0.2, 0) is 0 Å². The van der Waals surface area contributed by atoms with Crippen molar-refractivity contribution in [1.29, 1.82) is 0 Å². The van der Waals surface area contributed by atoms with Gasteiger partial charge in [0.15, 0.2) is 0 Å². The summed E-state index contributed by atoms with van der Waals surface area (Å²) >= 11 is 3.73. The fourth-order valence-electron chi connectivity index (χ4n) is 1.42. The SMILES string of the molecule is CCCCCCCC/C(=C/SC)SC. The monoisotopic (exact) mass is 232 g/mol. The second-order valence-electron chi connectivity index (χ2n) is 3.54. The summed E-state index contributed by atoms with van der Waals surface area (Å²) in [6, 6.07) is 0. The molecule has 0 aliphatic carbocycles. The highest BCUT2D eigenvalue weighted by molar-refractivity contribution is 8.05. The summed E-state index contributed by atoms with van der Waals surface area (Å²) in [5.41, 5.74) is 0. The highest BCUT2D eigenvalue weighted by Gasteiger charge is 1.95. The first-order valence-electron chi connectivity index (χ1n) is 5.61. The first kappa shape index (κ1) is 14.4. The van der Waals surface area contributed by atoms with Gasteiger partial charge in [0, 0.05) is 0 Å². The van der Waals surface area contributed by atoms with Crippen LogP contribution in [0, 0.1) is 0 Å². The third-order valence-electron chi connectivity index (χ3n) is 2.29. The fraction of sp³-hybridized carbons (Fsp3) is 0.833. The maximum atomic E-state index is 2.29. The Labute approximate surface area is 98.3 Å². The molecule has 0 aliphatic heterocycles. The third kappa shape index (κ3) is 9.01. The van der Waals surface area contributed by atoms with E-state index in [0.29, 0.717) is 0 Å². The summed E-state index contributed by atoms with van der Waals surface area (Å²) in [4.78, 5) is 1.55. The van der Waals surface area contributed by atoms with Crippen molar-refractivity contribution in [3.8, 4) is 0 Å². The molecule has 2 heteroatoms. The molecular weight excluding hydrogens is 208 g/mol. The van der Waals surface area contributed by atoms with Gasteiger partial charge in [0.2, 0.25) is 0 Å². The molecule has 14 heavy (non-hydrogen) atoms. The summed E-state index contributed by atoms with van der Waals surface area (Å²) in [6.07, 6.45) is 14.0. The Kier molecular flexibility index (Phi) is 11.9. The largest absolute Gasteiger partial charge is 0.137 e. The highest BCUT2D eigenvalue weighted by atomic mass is 32.2. The number of rotatable bonds is 9. The van der Waals surface area contributed by atoms with Gasteiger partial charge in [0.1, 0.15) is 0 Å². The average Bonchev–Trinajstić information content (AvgIpc) is 2.21. The van der Waals surface area contributed by atoms with Gasteiger partial charge in [-0.2, -0.15) is 0 Å². The number of unbranched alkanes of at least 4 members (excludes halogenated alkanes) is 5. The second kappa shape index (κ2) is 11.5. The van der Waals surface area contributed by atoms with E-state index in [1.165, 1.54) is 44.9 Å². The number of hydrogen-bond donors (Lipinski definition) is 0. The Bertz CT molecular complexity index is 141. The molecule has 0 atom stereocenters. The second-order valence-corrected chi connectivity index (χ2v) is 5.18. The molecule has 0 rings (SSSR count). The number of hydrogen-bond acceptors (Lipinski definition) is 2. The quantitative estimate of drug-likeness (QED) is 0.494. The lowest BCUT2D eigenvalue weighted by Gasteiger charge is -2.03. The van der Waals surface area contributed by atoms with Crippen molar-refractivity contribution < 1.29 is 0 Å². The van der Waals surface area contributed by atoms with Crippen molar-refractivity contribution in [3.63, 3.8) is 0 Å². The first-order valence-corrected chi connectivity index (χ1v) is 8.12. The zero-order chi connectivity index (χ0) is 10.6. The lowest BCUT2D eigenvalue weighted by Crippen LogP contribution is -1.81. The fourth-order valence-corrected chi connectivity index (χ4v) is 2.82. The van der Waals surface area contributed by atoms with E-state index in [9.17, 15) is 0 Å². The molecule has 0 aliphatic rings. The molecular formula is C12H24S2. The van der Waals surface area contributed by atoms with Crippen LogP contribution in [0.25, 0.3) is 0 Å². The van der Waals surface area contributed by atoms with Crippen LogP contribution in [0.2, 0.25) is 0 Å². The van der Waals surface area contributed by atoms with E-state index in [2.05, 4.69) is 24.8 Å². The van der Waals surface area contributed by atoms with Crippen LogP contribution in [0.3, 0.4) is 0 Å². The molecule has 0 N–H and O–H groups in total. The Balaban J connectivity index is 3.29. The van der Waals surface area contributed by atoms with Gasteiger partial charge in [-0.15, -0.1) is 23.5 Å². The predicted molar refractivity (Wildman–Crippen MR) is 73.1 cm³/mol. The minimum atomic E-state index is 1.29. The molecule has 0 fully saturated rings. The minimum absolute atomic E-state index is 1.29. The third-order valence-corrected chi connectivity index (χ3v) is 3.80. The molecule has 0 amide bonds. The van der Waals surface area contributed by atoms with E-state index >= 15 is 0 Å². The summed E-state index contributed by atoms with van der Waals surface area (Å²) in [6.45, 7) is 2.27. The summed E-state index contributed by atoms with van der Waals surface area (Å²) in [7, 11) is 0. The molecule has 0 bridgehead atoms. The van der Waals surface area contributed by atoms with E-state index in [1.54, 1.807) is 4.91 Å². The van der Waals surface area contributed by atoms with Gasteiger partial charge in [-0.3, -0.25) is 0 Å². The Hall–Kier alpha value is 0.440. The lowest BCUT2D eigenvalue weighted by atomic mass is 10.1. The molecule has 0 radical (unpaired) electrons. The van der Waals surface area contributed by atoms with Crippen LogP contribution in [0.5, 0.6) is 0 Å². The van der Waals surface area contributed by atoms with Crippen LogP contribution in [0.15, 0.2) is 10.3 Å². The van der Waals surface area contributed by atoms with Crippen molar-refractivity contribution in [1.82, 2.24) is 0 Å². The van der Waals surface area contributed by atoms with Crippen molar-refractivity contribution in [2.75, 3.05) is 12.5 Å². The predicted octanol–water partition coefficient (Wildman–Crippen LogP) is 5.30. The van der Waals surface area contributed by atoms with Crippen LogP contribution in [0.1, 0.15) is 51.9 Å². The average molecular weight is 232 g/mol. The zero-order valence-electron chi connectivity index (χ0n) is 9.84. The highest BCUT2D eigenvalue weighted by Crippen LogP contribution is 2.22. The van der Waals surface area contributed by atoms with Gasteiger partial charge in [-0.05, 0) is 35.7 Å². The van der Waals surface area contributed by atoms with Gasteiger partial charge in [-0.25, -0.2) is 0 Å². The maximum absolute atomic E-state index is 2.29. The Morgan fingerprint density at radius 1 is 1.00 bits per heavy atom. The van der Waals surface area contributed by atoms with E-state index in [-0.39, 0.29) is 0 Å². The summed E-state index contributed by atoms with van der Waals surface area (Å²) in [5.74, 6) is 0. The number of thioether (sulfide) groups is 2. The van der Waals surface area contributed by atoms with Crippen molar-refractivity contribution in [2.24, 2.45) is 0 Å². The molecule has 0 nitrogen and oxygen atoms in total. The topological polar surface area (TPSA) is 0 Å². The van der Waals surface area contributed by atoms with E-state index in [4.69, 9.17) is 0 Å². The molecule has 0 heterocycles. The normalized spacial score (nSPS) is 12.1. The number of allylic oxidation sites excluding steroid dienone is 1. The van der Waals surface area contributed by atoms with Crippen molar-refractivity contribution in [3.05, 3.63) is 10.3 Å². The van der Waals surface area contributed by atoms with Gasteiger partial charge < -0.3 is 0 Å². The van der Waals surface area contributed by atoms with Crippen molar-refractivity contribution in [2.45, 2.75) is 51.9 Å². The Morgan fingerprint density at radius 3 is 2.21 bits per heavy atom. The van der Waals surface area contributed by atoms with Crippen LogP contribution in [-0.4, -0.2) is 12.5 Å². The van der Waals surface area contributed by atoms with Crippen molar-refractivity contribution >= 4 is 23.5 Å². The van der Waals surface area contributed by atoms with Gasteiger partial charge in [-0.1, -0.05) is 39.0 Å². The smallest absolute Gasteiger partial charge is 0.00922 e.